The maximum Gasteiger partial charge on any atom is 0.322 e. The third-order valence-corrected chi connectivity index (χ3v) is 5.45. The Morgan fingerprint density at radius 3 is 2.73 bits per heavy atom. The van der Waals surface area contributed by atoms with Gasteiger partial charge in [-0.15, -0.1) is 0 Å². The van der Waals surface area contributed by atoms with Crippen LogP contribution >= 0.6 is 0 Å². The Kier molecular flexibility index (Phi) is 5.61. The monoisotopic (exact) mass is 406 g/mol. The molecule has 0 unspecified atom stereocenters. The van der Waals surface area contributed by atoms with Crippen molar-refractivity contribution in [2.24, 2.45) is 0 Å². The highest BCUT2D eigenvalue weighted by Gasteiger charge is 2.21. The van der Waals surface area contributed by atoms with Gasteiger partial charge in [-0.2, -0.15) is 0 Å². The number of nitrogens with zero attached hydrogens (tertiary/aromatic N) is 3. The van der Waals surface area contributed by atoms with Crippen LogP contribution in [0.25, 0.3) is 16.6 Å². The van der Waals surface area contributed by atoms with Crippen LogP contribution in [0.3, 0.4) is 0 Å². The molecule has 0 aliphatic carbocycles. The minimum absolute atomic E-state index is 0.129. The minimum atomic E-state index is -0.129. The number of methoxy groups -OCH3 is 2. The molecule has 0 atom stereocenters. The Bertz CT molecular complexity index is 1100. The fourth-order valence-electron chi connectivity index (χ4n) is 3.83. The number of anilines is 1. The number of ether oxygens (including phenoxy) is 2. The van der Waals surface area contributed by atoms with Crippen LogP contribution in [-0.4, -0.2) is 47.8 Å². The second-order valence-corrected chi connectivity index (χ2v) is 7.13. The van der Waals surface area contributed by atoms with Crippen LogP contribution in [0.5, 0.6) is 11.5 Å². The summed E-state index contributed by atoms with van der Waals surface area (Å²) in [6.45, 7) is 4.21. The van der Waals surface area contributed by atoms with E-state index in [0.717, 1.165) is 24.0 Å². The lowest BCUT2D eigenvalue weighted by Gasteiger charge is -2.26. The smallest absolute Gasteiger partial charge is 0.322 e. The van der Waals surface area contributed by atoms with Gasteiger partial charge in [0.1, 0.15) is 5.65 Å². The van der Waals surface area contributed by atoms with Gasteiger partial charge in [-0.1, -0.05) is 6.08 Å². The van der Waals surface area contributed by atoms with E-state index in [0.29, 0.717) is 30.3 Å². The number of rotatable bonds is 5. The van der Waals surface area contributed by atoms with E-state index in [2.05, 4.69) is 40.1 Å². The molecule has 0 saturated heterocycles. The van der Waals surface area contributed by atoms with Crippen molar-refractivity contribution in [3.05, 3.63) is 54.4 Å². The lowest BCUT2D eigenvalue weighted by molar-refractivity contribution is 0.217. The van der Waals surface area contributed by atoms with Crippen LogP contribution < -0.4 is 14.8 Å². The molecule has 0 bridgehead atoms. The number of nitrogens with one attached hydrogen (secondary N) is 1. The number of hydrogen-bond donors (Lipinski definition) is 1. The first-order chi connectivity index (χ1) is 14.6. The highest BCUT2D eigenvalue weighted by atomic mass is 16.5. The largest absolute Gasteiger partial charge is 0.493 e. The van der Waals surface area contributed by atoms with E-state index in [9.17, 15) is 4.79 Å². The Morgan fingerprint density at radius 2 is 2.03 bits per heavy atom. The lowest BCUT2D eigenvalue weighted by Crippen LogP contribution is -2.37. The van der Waals surface area contributed by atoms with Crippen molar-refractivity contribution in [2.75, 3.05) is 32.6 Å². The van der Waals surface area contributed by atoms with Crippen molar-refractivity contribution in [1.29, 1.82) is 0 Å². The zero-order valence-corrected chi connectivity index (χ0v) is 17.5. The molecule has 1 aliphatic heterocycles. The minimum Gasteiger partial charge on any atom is -0.493 e. The maximum absolute atomic E-state index is 12.7. The van der Waals surface area contributed by atoms with E-state index in [1.165, 1.54) is 11.1 Å². The van der Waals surface area contributed by atoms with E-state index >= 15 is 0 Å². The van der Waals surface area contributed by atoms with Gasteiger partial charge < -0.3 is 24.3 Å². The third kappa shape index (κ3) is 3.70. The molecule has 3 aromatic rings. The van der Waals surface area contributed by atoms with Crippen molar-refractivity contribution in [3.63, 3.8) is 0 Å². The van der Waals surface area contributed by atoms with Crippen molar-refractivity contribution in [1.82, 2.24) is 14.5 Å². The molecule has 1 aromatic carbocycles. The number of amides is 2. The normalized spacial score (nSPS) is 13.8. The molecule has 1 N–H and O–H groups in total. The van der Waals surface area contributed by atoms with Crippen LogP contribution in [0.2, 0.25) is 0 Å². The summed E-state index contributed by atoms with van der Waals surface area (Å²) in [5, 5.41) is 4.10. The van der Waals surface area contributed by atoms with Gasteiger partial charge in [0.2, 0.25) is 0 Å². The Hall–Kier alpha value is -3.48. The molecule has 7 nitrogen and oxygen atoms in total. The molecule has 156 valence electrons. The second kappa shape index (κ2) is 8.49. The van der Waals surface area contributed by atoms with Crippen LogP contribution in [0.4, 0.5) is 10.5 Å². The quantitative estimate of drug-likeness (QED) is 0.682. The fourth-order valence-corrected chi connectivity index (χ4v) is 3.83. The number of aryl methyl sites for hydroxylation is 1. The highest BCUT2D eigenvalue weighted by molar-refractivity contribution is 5.93. The molecule has 0 spiro atoms. The van der Waals surface area contributed by atoms with Gasteiger partial charge in [0.05, 0.1) is 14.2 Å². The summed E-state index contributed by atoms with van der Waals surface area (Å²) >= 11 is 0. The maximum atomic E-state index is 12.7. The molecule has 0 fully saturated rings. The van der Waals surface area contributed by atoms with Crippen LogP contribution in [-0.2, 0) is 6.54 Å². The predicted molar refractivity (Wildman–Crippen MR) is 118 cm³/mol. The zero-order chi connectivity index (χ0) is 21.1. The van der Waals surface area contributed by atoms with Crippen molar-refractivity contribution >= 4 is 28.3 Å². The Labute approximate surface area is 175 Å². The molecule has 0 saturated carbocycles. The number of hydrogen-bond acceptors (Lipinski definition) is 4. The average Bonchev–Trinajstić information content (AvgIpc) is 3.18. The number of pyridine rings is 1. The Balaban J connectivity index is 1.48. The Morgan fingerprint density at radius 1 is 1.20 bits per heavy atom. The van der Waals surface area contributed by atoms with Gasteiger partial charge in [-0.3, -0.25) is 0 Å². The van der Waals surface area contributed by atoms with Gasteiger partial charge >= 0.3 is 6.03 Å². The van der Waals surface area contributed by atoms with Gasteiger partial charge in [-0.05, 0) is 43.2 Å². The van der Waals surface area contributed by atoms with Crippen LogP contribution in [0.1, 0.15) is 18.9 Å². The van der Waals surface area contributed by atoms with E-state index in [-0.39, 0.29) is 6.03 Å². The summed E-state index contributed by atoms with van der Waals surface area (Å²) in [6.07, 6.45) is 6.94. The molecule has 2 aromatic heterocycles. The standard InChI is InChI=1S/C23H26N4O3/c1-4-26-15-19(18-6-5-11-24-22(18)26)16-9-12-27(13-10-16)23(28)25-17-7-8-20(29-2)21(14-17)30-3/h5-9,11,14-15H,4,10,12-13H2,1-3H3,(H,25,28). The van der Waals surface area contributed by atoms with Crippen molar-refractivity contribution in [2.45, 2.75) is 19.9 Å². The summed E-state index contributed by atoms with van der Waals surface area (Å²) in [7, 11) is 3.16. The number of carbonyl (C=O) groups excluding carboxylic acids is 1. The topological polar surface area (TPSA) is 68.6 Å². The SMILES string of the molecule is CCn1cc(C2=CCN(C(=O)Nc3ccc(OC)c(OC)c3)CC2)c2cccnc21. The molecule has 0 radical (unpaired) electrons. The van der Waals surface area contributed by atoms with Gasteiger partial charge in [0.15, 0.2) is 11.5 Å². The molecular weight excluding hydrogens is 380 g/mol. The highest BCUT2D eigenvalue weighted by Crippen LogP contribution is 2.31. The molecule has 2 amide bonds. The summed E-state index contributed by atoms with van der Waals surface area (Å²) in [5.74, 6) is 1.21. The predicted octanol–water partition coefficient (Wildman–Crippen LogP) is 4.39. The van der Waals surface area contributed by atoms with Gasteiger partial charge in [-0.25, -0.2) is 9.78 Å². The number of urea groups is 1. The first-order valence-corrected chi connectivity index (χ1v) is 10.1. The molecule has 7 heteroatoms. The number of aromatic nitrogens is 2. The van der Waals surface area contributed by atoms with Crippen LogP contribution in [0.15, 0.2) is 48.8 Å². The van der Waals surface area contributed by atoms with E-state index < -0.39 is 0 Å². The first kappa shape index (κ1) is 19.8. The van der Waals surface area contributed by atoms with E-state index in [1.807, 2.05) is 12.3 Å². The number of fused-ring (bicyclic) bond motifs is 1. The molecular formula is C23H26N4O3. The van der Waals surface area contributed by atoms with Crippen molar-refractivity contribution in [3.8, 4) is 11.5 Å². The summed E-state index contributed by atoms with van der Waals surface area (Å²) < 4.78 is 12.7. The average molecular weight is 406 g/mol. The van der Waals surface area contributed by atoms with Crippen LogP contribution in [0, 0.1) is 0 Å². The summed E-state index contributed by atoms with van der Waals surface area (Å²) in [5.41, 5.74) is 4.14. The number of benzene rings is 1. The fraction of sp³-hybridized carbons (Fsp3) is 0.304. The molecule has 3 heterocycles. The van der Waals surface area contributed by atoms with E-state index in [4.69, 9.17) is 9.47 Å². The van der Waals surface area contributed by atoms with E-state index in [1.54, 1.807) is 37.3 Å². The number of carbonyl (C=O) groups is 1. The molecule has 1 aliphatic rings. The van der Waals surface area contributed by atoms with Gasteiger partial charge in [0.25, 0.3) is 0 Å². The molecule has 30 heavy (non-hydrogen) atoms. The summed E-state index contributed by atoms with van der Waals surface area (Å²) in [4.78, 5) is 19.1. The zero-order valence-electron chi connectivity index (χ0n) is 17.5. The molecule has 4 rings (SSSR count). The first-order valence-electron chi connectivity index (χ1n) is 10.1. The lowest BCUT2D eigenvalue weighted by atomic mass is 10.00. The summed E-state index contributed by atoms with van der Waals surface area (Å²) in [6, 6.07) is 9.29. The van der Waals surface area contributed by atoms with Gasteiger partial charge in [0, 0.05) is 54.7 Å². The second-order valence-electron chi connectivity index (χ2n) is 7.13. The van der Waals surface area contributed by atoms with Crippen molar-refractivity contribution < 1.29 is 14.3 Å². The third-order valence-electron chi connectivity index (χ3n) is 5.45.